The molecule has 5 atom stereocenters. The van der Waals surface area contributed by atoms with E-state index in [9.17, 15) is 5.11 Å². The van der Waals surface area contributed by atoms with Crippen molar-refractivity contribution in [1.29, 1.82) is 0 Å². The van der Waals surface area contributed by atoms with Gasteiger partial charge in [0.1, 0.15) is 0 Å². The molecule has 0 radical (unpaired) electrons. The quantitative estimate of drug-likeness (QED) is 0.620. The Morgan fingerprint density at radius 1 is 1.13 bits per heavy atom. The molecule has 1 saturated heterocycles. The smallest absolute Gasteiger partial charge is 0.158 e. The Balaban J connectivity index is 2.01. The van der Waals surface area contributed by atoms with Crippen LogP contribution in [0.4, 0.5) is 0 Å². The van der Waals surface area contributed by atoms with Crippen LogP contribution < -0.4 is 0 Å². The van der Waals surface area contributed by atoms with Crippen LogP contribution in [0.5, 0.6) is 0 Å². The van der Waals surface area contributed by atoms with Gasteiger partial charge in [-0.2, -0.15) is 0 Å². The van der Waals surface area contributed by atoms with Gasteiger partial charge in [-0.3, -0.25) is 0 Å². The van der Waals surface area contributed by atoms with Crippen LogP contribution >= 0.6 is 0 Å². The van der Waals surface area contributed by atoms with Gasteiger partial charge in [0.25, 0.3) is 0 Å². The number of aliphatic hydroxyl groups is 1. The summed E-state index contributed by atoms with van der Waals surface area (Å²) < 4.78 is 6.16. The first-order valence-electron chi connectivity index (χ1n) is 9.41. The zero-order chi connectivity index (χ0) is 16.8. The lowest BCUT2D eigenvalue weighted by Gasteiger charge is -2.52. The molecule has 2 heteroatoms. The fraction of sp³-hybridized carbons (Fsp3) is 0.810. The van der Waals surface area contributed by atoms with Gasteiger partial charge in [0.15, 0.2) is 6.29 Å². The number of hydrogen-bond donors (Lipinski definition) is 1. The molecule has 0 amide bonds. The molecule has 2 fully saturated rings. The molecule has 0 aromatic heterocycles. The predicted octanol–water partition coefficient (Wildman–Crippen LogP) is 5.23. The Hall–Kier alpha value is -0.600. The summed E-state index contributed by atoms with van der Waals surface area (Å²) in [6.45, 7) is 11.6. The highest BCUT2D eigenvalue weighted by molar-refractivity contribution is 5.14. The molecule has 23 heavy (non-hydrogen) atoms. The van der Waals surface area contributed by atoms with Gasteiger partial charge in [-0.05, 0) is 70.6 Å². The summed E-state index contributed by atoms with van der Waals surface area (Å²) in [5, 5.41) is 10.6. The summed E-state index contributed by atoms with van der Waals surface area (Å²) in [5.41, 5.74) is 2.98. The van der Waals surface area contributed by atoms with E-state index in [1.54, 1.807) is 0 Å². The molecule has 1 saturated carbocycles. The van der Waals surface area contributed by atoms with Gasteiger partial charge in [-0.25, -0.2) is 0 Å². The minimum atomic E-state index is -0.605. The first-order valence-corrected chi connectivity index (χ1v) is 9.41. The number of allylic oxidation sites excluding steroid dienone is 4. The Morgan fingerprint density at radius 3 is 2.61 bits per heavy atom. The van der Waals surface area contributed by atoms with Gasteiger partial charge in [-0.1, -0.05) is 37.1 Å². The van der Waals surface area contributed by atoms with Crippen LogP contribution in [0.1, 0.15) is 73.1 Å². The lowest BCUT2D eigenvalue weighted by Crippen LogP contribution is -2.51. The van der Waals surface area contributed by atoms with Gasteiger partial charge in [0, 0.05) is 11.8 Å². The van der Waals surface area contributed by atoms with Crippen LogP contribution in [0.15, 0.2) is 23.3 Å². The number of fused-ring (bicyclic) bond motifs is 1. The van der Waals surface area contributed by atoms with Crippen molar-refractivity contribution in [2.75, 3.05) is 0 Å². The van der Waals surface area contributed by atoms with Crippen LogP contribution in [0.25, 0.3) is 0 Å². The van der Waals surface area contributed by atoms with E-state index < -0.39 is 6.29 Å². The Labute approximate surface area is 142 Å². The second kappa shape index (κ2) is 6.04. The Kier molecular flexibility index (Phi) is 4.52. The highest BCUT2D eigenvalue weighted by atomic mass is 16.6. The fourth-order valence-corrected chi connectivity index (χ4v) is 5.78. The molecule has 1 N–H and O–H groups in total. The van der Waals surface area contributed by atoms with E-state index in [0.29, 0.717) is 11.8 Å². The molecule has 1 unspecified atom stereocenters. The predicted molar refractivity (Wildman–Crippen MR) is 95.0 cm³/mol. The molecule has 1 heterocycles. The fourth-order valence-electron chi connectivity index (χ4n) is 5.78. The SMILES string of the molecule is C/C1=C\C[C@H]2CC[C@]3(C)O[C@H](O)[C@@H](C/C(C)=C/CC1)C3C2(C)C. The summed E-state index contributed by atoms with van der Waals surface area (Å²) in [7, 11) is 0. The summed E-state index contributed by atoms with van der Waals surface area (Å²) >= 11 is 0. The van der Waals surface area contributed by atoms with Gasteiger partial charge in [0.05, 0.1) is 5.60 Å². The number of hydrogen-bond acceptors (Lipinski definition) is 2. The normalized spacial score (nSPS) is 48.4. The van der Waals surface area contributed by atoms with E-state index in [4.69, 9.17) is 4.74 Å². The monoisotopic (exact) mass is 318 g/mol. The average molecular weight is 319 g/mol. The standard InChI is InChI=1S/C21H34O2/c1-14-7-6-8-15(2)13-17-18-20(3,4)16(10-9-14)11-12-21(18,5)23-19(17)22/h8-9,16-19,22H,6-7,10-13H2,1-5H3/b14-9+,15-8+/t16-,17-,18?,19-,21-/m0/s1. The molecule has 130 valence electrons. The van der Waals surface area contributed by atoms with Crippen LogP contribution in [0.3, 0.4) is 0 Å². The van der Waals surface area contributed by atoms with Crippen molar-refractivity contribution in [2.45, 2.75) is 85.0 Å². The van der Waals surface area contributed by atoms with Gasteiger partial charge < -0.3 is 9.84 Å². The van der Waals surface area contributed by atoms with E-state index in [1.807, 2.05) is 0 Å². The average Bonchev–Trinajstić information content (AvgIpc) is 2.69. The zero-order valence-corrected chi connectivity index (χ0v) is 15.6. The lowest BCUT2D eigenvalue weighted by molar-refractivity contribution is -0.162. The first kappa shape index (κ1) is 17.2. The van der Waals surface area contributed by atoms with Crippen molar-refractivity contribution in [3.05, 3.63) is 23.3 Å². The maximum absolute atomic E-state index is 10.6. The molecule has 3 aliphatic rings. The number of rotatable bonds is 0. The summed E-state index contributed by atoms with van der Waals surface area (Å²) in [5.74, 6) is 1.36. The molecule has 1 aliphatic heterocycles. The van der Waals surface area contributed by atoms with Crippen LogP contribution in [0, 0.1) is 23.2 Å². The van der Waals surface area contributed by atoms with Crippen LogP contribution in [-0.4, -0.2) is 17.0 Å². The molecule has 2 bridgehead atoms. The minimum Gasteiger partial charge on any atom is -0.368 e. The Morgan fingerprint density at radius 2 is 1.87 bits per heavy atom. The minimum absolute atomic E-state index is 0.159. The third kappa shape index (κ3) is 3.05. The third-order valence-corrected chi connectivity index (χ3v) is 7.03. The van der Waals surface area contributed by atoms with E-state index >= 15 is 0 Å². The molecule has 0 aromatic rings. The molecule has 0 aromatic carbocycles. The van der Waals surface area contributed by atoms with E-state index in [0.717, 1.165) is 25.7 Å². The largest absolute Gasteiger partial charge is 0.368 e. The maximum Gasteiger partial charge on any atom is 0.158 e. The second-order valence-electron chi connectivity index (χ2n) is 9.10. The van der Waals surface area contributed by atoms with Gasteiger partial charge >= 0.3 is 0 Å². The van der Waals surface area contributed by atoms with E-state index in [-0.39, 0.29) is 16.9 Å². The maximum atomic E-state index is 10.6. The van der Waals surface area contributed by atoms with Crippen molar-refractivity contribution in [3.63, 3.8) is 0 Å². The molecular weight excluding hydrogens is 284 g/mol. The van der Waals surface area contributed by atoms with E-state index in [1.165, 1.54) is 24.0 Å². The van der Waals surface area contributed by atoms with Crippen LogP contribution in [-0.2, 0) is 4.74 Å². The van der Waals surface area contributed by atoms with Crippen molar-refractivity contribution in [2.24, 2.45) is 23.2 Å². The highest BCUT2D eigenvalue weighted by Gasteiger charge is 2.60. The summed E-state index contributed by atoms with van der Waals surface area (Å²) in [4.78, 5) is 0. The topological polar surface area (TPSA) is 29.5 Å². The molecule has 2 aliphatic carbocycles. The van der Waals surface area contributed by atoms with Crippen molar-refractivity contribution in [1.82, 2.24) is 0 Å². The van der Waals surface area contributed by atoms with Gasteiger partial charge in [0.2, 0.25) is 0 Å². The first-order chi connectivity index (χ1) is 10.7. The molecular formula is C21H34O2. The number of ether oxygens (including phenoxy) is 1. The Bertz CT molecular complexity index is 516. The van der Waals surface area contributed by atoms with Crippen molar-refractivity contribution in [3.8, 4) is 0 Å². The number of aliphatic hydroxyl groups excluding tert-OH is 1. The lowest BCUT2D eigenvalue weighted by atomic mass is 9.53. The summed E-state index contributed by atoms with van der Waals surface area (Å²) in [6, 6.07) is 0. The molecule has 2 nitrogen and oxygen atoms in total. The highest BCUT2D eigenvalue weighted by Crippen LogP contribution is 2.60. The van der Waals surface area contributed by atoms with Crippen molar-refractivity contribution >= 4 is 0 Å². The third-order valence-electron chi connectivity index (χ3n) is 7.03. The zero-order valence-electron chi connectivity index (χ0n) is 15.6. The summed E-state index contributed by atoms with van der Waals surface area (Å²) in [6.07, 6.45) is 11.0. The van der Waals surface area contributed by atoms with Crippen molar-refractivity contribution < 1.29 is 9.84 Å². The van der Waals surface area contributed by atoms with Crippen LogP contribution in [0.2, 0.25) is 0 Å². The molecule has 0 spiro atoms. The second-order valence-corrected chi connectivity index (χ2v) is 9.10. The van der Waals surface area contributed by atoms with E-state index in [2.05, 4.69) is 46.8 Å². The van der Waals surface area contributed by atoms with Gasteiger partial charge in [-0.15, -0.1) is 0 Å². The molecule has 3 rings (SSSR count).